The zero-order chi connectivity index (χ0) is 27.0. The van der Waals surface area contributed by atoms with E-state index in [1.807, 2.05) is 4.90 Å². The number of rotatable bonds is 4. The van der Waals surface area contributed by atoms with Crippen LogP contribution in [0.3, 0.4) is 0 Å². The van der Waals surface area contributed by atoms with Crippen LogP contribution in [0, 0.1) is 11.6 Å². The molecule has 2 aromatic heterocycles. The van der Waals surface area contributed by atoms with E-state index in [1.54, 1.807) is 4.90 Å². The summed E-state index contributed by atoms with van der Waals surface area (Å²) in [4.78, 5) is 28.7. The lowest BCUT2D eigenvalue weighted by molar-refractivity contribution is -0.141. The Morgan fingerprint density at radius 1 is 1.00 bits per heavy atom. The molecular formula is C26H24F5N5O2. The molecule has 0 bridgehead atoms. The van der Waals surface area contributed by atoms with Gasteiger partial charge in [0, 0.05) is 51.9 Å². The van der Waals surface area contributed by atoms with Crippen LogP contribution in [0.5, 0.6) is 5.75 Å². The number of piperidine rings is 1. The van der Waals surface area contributed by atoms with Crippen LogP contribution in [0.1, 0.15) is 36.8 Å². The second-order valence-corrected chi connectivity index (χ2v) is 9.26. The van der Waals surface area contributed by atoms with Crippen molar-refractivity contribution in [3.8, 4) is 17.1 Å². The van der Waals surface area contributed by atoms with Gasteiger partial charge in [-0.2, -0.15) is 13.2 Å². The highest BCUT2D eigenvalue weighted by Crippen LogP contribution is 2.34. The van der Waals surface area contributed by atoms with Crippen molar-refractivity contribution in [3.05, 3.63) is 65.1 Å². The highest BCUT2D eigenvalue weighted by Gasteiger charge is 2.34. The number of carbonyl (C=O) groups excluding carboxylic acids is 1. The van der Waals surface area contributed by atoms with Gasteiger partial charge in [-0.3, -0.25) is 4.79 Å². The van der Waals surface area contributed by atoms with Crippen molar-refractivity contribution in [2.75, 3.05) is 24.5 Å². The molecule has 200 valence electrons. The van der Waals surface area contributed by atoms with Gasteiger partial charge in [0.05, 0.1) is 23.6 Å². The lowest BCUT2D eigenvalue weighted by Crippen LogP contribution is -2.40. The first-order chi connectivity index (χ1) is 18.1. The Morgan fingerprint density at radius 2 is 1.76 bits per heavy atom. The molecule has 1 saturated heterocycles. The van der Waals surface area contributed by atoms with Gasteiger partial charge < -0.3 is 14.5 Å². The van der Waals surface area contributed by atoms with Gasteiger partial charge in [-0.15, -0.1) is 0 Å². The average molecular weight is 534 g/mol. The van der Waals surface area contributed by atoms with Crippen LogP contribution in [0.2, 0.25) is 0 Å². The molecule has 38 heavy (non-hydrogen) atoms. The molecule has 0 unspecified atom stereocenters. The predicted octanol–water partition coefficient (Wildman–Crippen LogP) is 4.79. The highest BCUT2D eigenvalue weighted by atomic mass is 19.4. The number of benzene rings is 1. The molecule has 4 heterocycles. The summed E-state index contributed by atoms with van der Waals surface area (Å²) in [5.41, 5.74) is 0.384. The number of ether oxygens (including phenoxy) is 1. The molecule has 3 aromatic rings. The SMILES string of the molecule is CC(=O)N1CCc2nc(N3CCC(Oc4ccc(F)cc4F)CC3)c(-c3cccc(C(F)(F)F)n3)nc2C1. The van der Waals surface area contributed by atoms with Gasteiger partial charge in [0.1, 0.15) is 23.3 Å². The van der Waals surface area contributed by atoms with Crippen LogP contribution in [0.4, 0.5) is 27.8 Å². The van der Waals surface area contributed by atoms with Gasteiger partial charge in [0.25, 0.3) is 0 Å². The third kappa shape index (κ3) is 5.39. The first-order valence-corrected chi connectivity index (χ1v) is 12.1. The summed E-state index contributed by atoms with van der Waals surface area (Å²) in [6.07, 6.45) is -3.55. The van der Waals surface area contributed by atoms with E-state index in [0.29, 0.717) is 56.1 Å². The van der Waals surface area contributed by atoms with E-state index < -0.39 is 23.5 Å². The third-order valence-corrected chi connectivity index (χ3v) is 6.65. The Labute approximate surface area is 215 Å². The quantitative estimate of drug-likeness (QED) is 0.450. The molecule has 0 aliphatic carbocycles. The van der Waals surface area contributed by atoms with Crippen molar-refractivity contribution in [1.82, 2.24) is 19.9 Å². The molecule has 2 aliphatic rings. The maximum absolute atomic E-state index is 14.0. The number of nitrogens with zero attached hydrogens (tertiary/aromatic N) is 5. The van der Waals surface area contributed by atoms with E-state index in [-0.39, 0.29) is 35.7 Å². The summed E-state index contributed by atoms with van der Waals surface area (Å²) < 4.78 is 73.2. The fourth-order valence-electron chi connectivity index (χ4n) is 4.64. The van der Waals surface area contributed by atoms with Crippen LogP contribution in [-0.4, -0.2) is 51.5 Å². The minimum Gasteiger partial charge on any atom is -0.487 e. The molecule has 2 aliphatic heterocycles. The van der Waals surface area contributed by atoms with E-state index in [2.05, 4.69) is 9.97 Å². The average Bonchev–Trinajstić information content (AvgIpc) is 2.89. The normalized spacial score (nSPS) is 16.4. The first kappa shape index (κ1) is 25.8. The Bertz CT molecular complexity index is 1360. The topological polar surface area (TPSA) is 71.5 Å². The molecule has 0 atom stereocenters. The number of aromatic nitrogens is 3. The summed E-state index contributed by atoms with van der Waals surface area (Å²) in [6, 6.07) is 6.74. The fraction of sp³-hybridized carbons (Fsp3) is 0.385. The van der Waals surface area contributed by atoms with Crippen LogP contribution in [0.15, 0.2) is 36.4 Å². The van der Waals surface area contributed by atoms with Crippen molar-refractivity contribution in [1.29, 1.82) is 0 Å². The molecule has 1 fully saturated rings. The standard InChI is InChI=1S/C26H24F5N5O2/c1-15(37)36-12-9-19-21(14-36)33-24(20-3-2-4-23(32-20)26(29,30)31)25(34-19)35-10-7-17(8-11-35)38-22-6-5-16(27)13-18(22)28/h2-6,13,17H,7-12,14H2,1H3. The largest absolute Gasteiger partial charge is 0.487 e. The second kappa shape index (κ2) is 10.1. The van der Waals surface area contributed by atoms with E-state index in [9.17, 15) is 26.7 Å². The molecule has 1 amide bonds. The Balaban J connectivity index is 1.44. The Kier molecular flexibility index (Phi) is 6.89. The lowest BCUT2D eigenvalue weighted by Gasteiger charge is -2.35. The smallest absolute Gasteiger partial charge is 0.433 e. The minimum atomic E-state index is -4.63. The number of anilines is 1. The summed E-state index contributed by atoms with van der Waals surface area (Å²) in [5, 5.41) is 0. The van der Waals surface area contributed by atoms with E-state index in [1.165, 1.54) is 25.1 Å². The number of halogens is 5. The number of hydrogen-bond acceptors (Lipinski definition) is 6. The molecule has 12 heteroatoms. The van der Waals surface area contributed by atoms with Gasteiger partial charge in [-0.05, 0) is 24.3 Å². The summed E-state index contributed by atoms with van der Waals surface area (Å²) in [6.45, 7) is 2.98. The number of pyridine rings is 1. The summed E-state index contributed by atoms with van der Waals surface area (Å²) in [5.74, 6) is -1.25. The lowest BCUT2D eigenvalue weighted by atomic mass is 10.1. The number of carbonyl (C=O) groups is 1. The minimum absolute atomic E-state index is 0.0248. The molecular weight excluding hydrogens is 509 g/mol. The van der Waals surface area contributed by atoms with Gasteiger partial charge >= 0.3 is 6.18 Å². The zero-order valence-corrected chi connectivity index (χ0v) is 20.4. The van der Waals surface area contributed by atoms with Crippen LogP contribution in [0.25, 0.3) is 11.4 Å². The van der Waals surface area contributed by atoms with Crippen molar-refractivity contribution < 1.29 is 31.5 Å². The number of hydrogen-bond donors (Lipinski definition) is 0. The Morgan fingerprint density at radius 3 is 2.45 bits per heavy atom. The highest BCUT2D eigenvalue weighted by molar-refractivity contribution is 5.74. The van der Waals surface area contributed by atoms with Crippen LogP contribution < -0.4 is 9.64 Å². The van der Waals surface area contributed by atoms with Gasteiger partial charge in [0.2, 0.25) is 5.91 Å². The van der Waals surface area contributed by atoms with Crippen LogP contribution >= 0.6 is 0 Å². The van der Waals surface area contributed by atoms with Crippen molar-refractivity contribution in [2.45, 2.75) is 45.0 Å². The van der Waals surface area contributed by atoms with Gasteiger partial charge in [0.15, 0.2) is 17.4 Å². The maximum Gasteiger partial charge on any atom is 0.433 e. The van der Waals surface area contributed by atoms with Crippen LogP contribution in [-0.2, 0) is 23.9 Å². The molecule has 0 radical (unpaired) electrons. The predicted molar refractivity (Wildman–Crippen MR) is 127 cm³/mol. The first-order valence-electron chi connectivity index (χ1n) is 12.1. The molecule has 0 spiro atoms. The van der Waals surface area contributed by atoms with Crippen molar-refractivity contribution in [2.24, 2.45) is 0 Å². The van der Waals surface area contributed by atoms with Gasteiger partial charge in [-0.25, -0.2) is 23.7 Å². The maximum atomic E-state index is 14.0. The second-order valence-electron chi connectivity index (χ2n) is 9.26. The molecule has 1 aromatic carbocycles. The Hall–Kier alpha value is -3.83. The van der Waals surface area contributed by atoms with Gasteiger partial charge in [-0.1, -0.05) is 6.07 Å². The van der Waals surface area contributed by atoms with E-state index >= 15 is 0 Å². The zero-order valence-electron chi connectivity index (χ0n) is 20.4. The molecule has 7 nitrogen and oxygen atoms in total. The molecule has 0 saturated carbocycles. The van der Waals surface area contributed by atoms with Crippen molar-refractivity contribution in [3.63, 3.8) is 0 Å². The van der Waals surface area contributed by atoms with E-state index in [4.69, 9.17) is 9.72 Å². The molecule has 5 rings (SSSR count). The van der Waals surface area contributed by atoms with Crippen molar-refractivity contribution >= 4 is 11.7 Å². The summed E-state index contributed by atoms with van der Waals surface area (Å²) >= 11 is 0. The molecule has 0 N–H and O–H groups in total. The number of fused-ring (bicyclic) bond motifs is 1. The summed E-state index contributed by atoms with van der Waals surface area (Å²) in [7, 11) is 0. The van der Waals surface area contributed by atoms with E-state index in [0.717, 1.165) is 18.2 Å². The third-order valence-electron chi connectivity index (χ3n) is 6.65. The number of amides is 1. The fourth-order valence-corrected chi connectivity index (χ4v) is 4.64. The number of alkyl halides is 3. The monoisotopic (exact) mass is 533 g/mol.